The van der Waals surface area contributed by atoms with Crippen molar-refractivity contribution in [3.8, 4) is 16.3 Å². The van der Waals surface area contributed by atoms with E-state index in [1.807, 2.05) is 18.2 Å². The standard InChI is InChI=1S/C24H19F2N3O2S/c25-18-6-9-21(26)17(13-18)14-31-20-7-4-16(5-8-20)24-29-22(15-32-24)23(30)28-12-10-19-3-1-2-11-27-19/h1-9,11,13,15H,10,12,14H2,(H,28,30). The van der Waals surface area contributed by atoms with Crippen LogP contribution in [-0.4, -0.2) is 22.4 Å². The van der Waals surface area contributed by atoms with Crippen molar-refractivity contribution in [1.82, 2.24) is 15.3 Å². The first kappa shape index (κ1) is 21.6. The number of rotatable bonds is 8. The number of aromatic nitrogens is 2. The monoisotopic (exact) mass is 451 g/mol. The first-order valence-electron chi connectivity index (χ1n) is 9.89. The third-order valence-corrected chi connectivity index (χ3v) is 5.52. The number of nitrogens with zero attached hydrogens (tertiary/aromatic N) is 2. The molecule has 0 radical (unpaired) electrons. The van der Waals surface area contributed by atoms with Crippen molar-refractivity contribution in [3.05, 3.63) is 101 Å². The topological polar surface area (TPSA) is 64.1 Å². The van der Waals surface area contributed by atoms with Crippen molar-refractivity contribution in [2.45, 2.75) is 13.0 Å². The summed E-state index contributed by atoms with van der Waals surface area (Å²) >= 11 is 1.36. The van der Waals surface area contributed by atoms with Crippen LogP contribution in [0, 0.1) is 11.6 Å². The van der Waals surface area contributed by atoms with Crippen molar-refractivity contribution in [1.29, 1.82) is 0 Å². The number of hydrogen-bond donors (Lipinski definition) is 1. The van der Waals surface area contributed by atoms with Gasteiger partial charge in [-0.2, -0.15) is 0 Å². The highest BCUT2D eigenvalue weighted by Crippen LogP contribution is 2.26. The Balaban J connectivity index is 1.32. The van der Waals surface area contributed by atoms with E-state index in [9.17, 15) is 13.6 Å². The van der Waals surface area contributed by atoms with Gasteiger partial charge in [0.15, 0.2) is 0 Å². The minimum Gasteiger partial charge on any atom is -0.489 e. The van der Waals surface area contributed by atoms with Gasteiger partial charge in [0.25, 0.3) is 5.91 Å². The van der Waals surface area contributed by atoms with Crippen molar-refractivity contribution >= 4 is 17.2 Å². The van der Waals surface area contributed by atoms with Crippen molar-refractivity contribution in [3.63, 3.8) is 0 Å². The Labute approximate surface area is 187 Å². The summed E-state index contributed by atoms with van der Waals surface area (Å²) in [4.78, 5) is 21.0. The SMILES string of the molecule is O=C(NCCc1ccccn1)c1csc(-c2ccc(OCc3cc(F)ccc3F)cc2)n1. The van der Waals surface area contributed by atoms with Crippen LogP contribution in [0.3, 0.4) is 0 Å². The van der Waals surface area contributed by atoms with E-state index in [4.69, 9.17) is 4.74 Å². The van der Waals surface area contributed by atoms with Crippen LogP contribution in [-0.2, 0) is 13.0 Å². The van der Waals surface area contributed by atoms with E-state index in [2.05, 4.69) is 15.3 Å². The number of nitrogens with one attached hydrogen (secondary N) is 1. The van der Waals surface area contributed by atoms with E-state index >= 15 is 0 Å². The molecule has 0 aliphatic heterocycles. The molecule has 5 nitrogen and oxygen atoms in total. The summed E-state index contributed by atoms with van der Waals surface area (Å²) in [5.41, 5.74) is 2.24. The molecule has 0 saturated heterocycles. The second kappa shape index (κ2) is 10.1. The number of pyridine rings is 1. The van der Waals surface area contributed by atoms with Crippen LogP contribution in [0.5, 0.6) is 5.75 Å². The number of benzene rings is 2. The molecule has 2 aromatic carbocycles. The van der Waals surface area contributed by atoms with Crippen molar-refractivity contribution in [2.24, 2.45) is 0 Å². The molecule has 0 spiro atoms. The van der Waals surface area contributed by atoms with Crippen molar-refractivity contribution < 1.29 is 18.3 Å². The Hall–Kier alpha value is -3.65. The van der Waals surface area contributed by atoms with Crippen LogP contribution in [0.1, 0.15) is 21.7 Å². The summed E-state index contributed by atoms with van der Waals surface area (Å²) in [5, 5.41) is 5.26. The van der Waals surface area contributed by atoms with E-state index in [1.165, 1.54) is 11.3 Å². The molecule has 0 saturated carbocycles. The molecular weight excluding hydrogens is 432 g/mol. The quantitative estimate of drug-likeness (QED) is 0.408. The molecule has 4 rings (SSSR count). The van der Waals surface area contributed by atoms with Gasteiger partial charge in [0.05, 0.1) is 0 Å². The Morgan fingerprint density at radius 2 is 1.91 bits per heavy atom. The summed E-state index contributed by atoms with van der Waals surface area (Å²) in [6.45, 7) is 0.393. The summed E-state index contributed by atoms with van der Waals surface area (Å²) in [7, 11) is 0. The highest BCUT2D eigenvalue weighted by Gasteiger charge is 2.12. The van der Waals surface area contributed by atoms with Gasteiger partial charge in [-0.1, -0.05) is 6.07 Å². The Morgan fingerprint density at radius 1 is 1.06 bits per heavy atom. The van der Waals surface area contributed by atoms with Crippen LogP contribution in [0.2, 0.25) is 0 Å². The normalized spacial score (nSPS) is 10.7. The molecule has 0 unspecified atom stereocenters. The lowest BCUT2D eigenvalue weighted by Crippen LogP contribution is -2.26. The molecule has 2 heterocycles. The fourth-order valence-electron chi connectivity index (χ4n) is 2.96. The van der Waals surface area contributed by atoms with Crippen LogP contribution in [0.15, 0.2) is 72.2 Å². The van der Waals surface area contributed by atoms with Gasteiger partial charge in [0.1, 0.15) is 34.7 Å². The maximum Gasteiger partial charge on any atom is 0.270 e. The first-order chi connectivity index (χ1) is 15.6. The minimum atomic E-state index is -0.517. The number of amides is 1. The maximum atomic E-state index is 13.7. The summed E-state index contributed by atoms with van der Waals surface area (Å²) in [5.74, 6) is -0.751. The number of carbonyl (C=O) groups is 1. The lowest BCUT2D eigenvalue weighted by atomic mass is 10.2. The minimum absolute atomic E-state index is 0.0803. The first-order valence-corrected chi connectivity index (χ1v) is 10.8. The fourth-order valence-corrected chi connectivity index (χ4v) is 3.77. The lowest BCUT2D eigenvalue weighted by Gasteiger charge is -2.08. The molecule has 2 aromatic heterocycles. The molecule has 32 heavy (non-hydrogen) atoms. The second-order valence-electron chi connectivity index (χ2n) is 6.91. The zero-order chi connectivity index (χ0) is 22.3. The molecule has 0 aliphatic rings. The predicted octanol–water partition coefficient (Wildman–Crippen LogP) is 5.03. The van der Waals surface area contributed by atoms with Gasteiger partial charge in [-0.25, -0.2) is 13.8 Å². The molecular formula is C24H19F2N3O2S. The molecule has 0 atom stereocenters. The molecule has 0 fully saturated rings. The van der Waals surface area contributed by atoms with Gasteiger partial charge in [-0.3, -0.25) is 9.78 Å². The largest absolute Gasteiger partial charge is 0.489 e. The molecule has 0 bridgehead atoms. The molecule has 1 amide bonds. The van der Waals surface area contributed by atoms with Crippen LogP contribution in [0.25, 0.3) is 10.6 Å². The lowest BCUT2D eigenvalue weighted by molar-refractivity contribution is 0.0950. The smallest absolute Gasteiger partial charge is 0.270 e. The summed E-state index contributed by atoms with van der Waals surface area (Å²) < 4.78 is 32.5. The van der Waals surface area contributed by atoms with Crippen LogP contribution in [0.4, 0.5) is 8.78 Å². The summed E-state index contributed by atoms with van der Waals surface area (Å²) in [6.07, 6.45) is 2.37. The van der Waals surface area contributed by atoms with Gasteiger partial charge in [-0.05, 0) is 54.6 Å². The number of ether oxygens (including phenoxy) is 1. The van der Waals surface area contributed by atoms with Crippen LogP contribution < -0.4 is 10.1 Å². The average molecular weight is 451 g/mol. The van der Waals surface area contributed by atoms with E-state index in [0.717, 1.165) is 29.5 Å². The Bertz CT molecular complexity index is 1200. The third kappa shape index (κ3) is 5.53. The highest BCUT2D eigenvalue weighted by atomic mass is 32.1. The molecule has 4 aromatic rings. The Kier molecular flexibility index (Phi) is 6.81. The van der Waals surface area contributed by atoms with E-state index in [0.29, 0.717) is 29.4 Å². The predicted molar refractivity (Wildman–Crippen MR) is 119 cm³/mol. The Morgan fingerprint density at radius 3 is 2.69 bits per heavy atom. The number of thiazole rings is 1. The number of hydrogen-bond acceptors (Lipinski definition) is 5. The van der Waals surface area contributed by atoms with Crippen LogP contribution >= 0.6 is 11.3 Å². The average Bonchev–Trinajstić information content (AvgIpc) is 3.31. The fraction of sp³-hybridized carbons (Fsp3) is 0.125. The van der Waals surface area contributed by atoms with Crippen molar-refractivity contribution in [2.75, 3.05) is 6.54 Å². The molecule has 1 N–H and O–H groups in total. The van der Waals surface area contributed by atoms with E-state index in [-0.39, 0.29) is 18.1 Å². The number of halogens is 2. The third-order valence-electron chi connectivity index (χ3n) is 4.63. The summed E-state index contributed by atoms with van der Waals surface area (Å²) in [6, 6.07) is 16.0. The zero-order valence-corrected chi connectivity index (χ0v) is 17.7. The highest BCUT2D eigenvalue weighted by molar-refractivity contribution is 7.13. The molecule has 0 aliphatic carbocycles. The van der Waals surface area contributed by atoms with Gasteiger partial charge >= 0.3 is 0 Å². The second-order valence-corrected chi connectivity index (χ2v) is 7.77. The molecule has 162 valence electrons. The van der Waals surface area contributed by atoms with E-state index < -0.39 is 11.6 Å². The zero-order valence-electron chi connectivity index (χ0n) is 16.9. The van der Waals surface area contributed by atoms with Gasteiger partial charge < -0.3 is 10.1 Å². The van der Waals surface area contributed by atoms with Gasteiger partial charge in [0.2, 0.25) is 0 Å². The van der Waals surface area contributed by atoms with Gasteiger partial charge in [0, 0.05) is 41.4 Å². The maximum absolute atomic E-state index is 13.7. The number of carbonyl (C=O) groups excluding carboxylic acids is 1. The molecule has 8 heteroatoms. The van der Waals surface area contributed by atoms with E-state index in [1.54, 1.807) is 35.8 Å². The van der Waals surface area contributed by atoms with Gasteiger partial charge in [-0.15, -0.1) is 11.3 Å².